The van der Waals surface area contributed by atoms with Gasteiger partial charge in [-0.15, -0.1) is 0 Å². The predicted molar refractivity (Wildman–Crippen MR) is 53.0 cm³/mol. The van der Waals surface area contributed by atoms with E-state index in [2.05, 4.69) is 21.2 Å². The molecule has 0 radical (unpaired) electrons. The van der Waals surface area contributed by atoms with Crippen LogP contribution < -0.4 is 5.32 Å². The van der Waals surface area contributed by atoms with Gasteiger partial charge in [-0.2, -0.15) is 5.26 Å². The molecule has 72 valence electrons. The van der Waals surface area contributed by atoms with Crippen molar-refractivity contribution < 1.29 is 9.18 Å². The minimum Gasteiger partial charge on any atom is -0.324 e. The molecule has 0 saturated heterocycles. The molecule has 0 heterocycles. The van der Waals surface area contributed by atoms with Gasteiger partial charge in [0.1, 0.15) is 12.2 Å². The highest BCUT2D eigenvalue weighted by molar-refractivity contribution is 9.10. The second-order valence-electron chi connectivity index (χ2n) is 2.51. The summed E-state index contributed by atoms with van der Waals surface area (Å²) in [5.41, 5.74) is 0.451. The molecule has 3 nitrogen and oxygen atoms in total. The topological polar surface area (TPSA) is 52.9 Å². The molecular formula is C9H6BrFN2O. The van der Waals surface area contributed by atoms with E-state index in [1.54, 1.807) is 6.07 Å². The first-order chi connectivity index (χ1) is 6.63. The van der Waals surface area contributed by atoms with Gasteiger partial charge in [-0.1, -0.05) is 0 Å². The number of nitrogens with one attached hydrogen (secondary N) is 1. The van der Waals surface area contributed by atoms with E-state index < -0.39 is 11.7 Å². The summed E-state index contributed by atoms with van der Waals surface area (Å²) in [6.07, 6.45) is -0.218. The third-order valence-electron chi connectivity index (χ3n) is 1.44. The van der Waals surface area contributed by atoms with Crippen molar-refractivity contribution in [3.05, 3.63) is 28.5 Å². The van der Waals surface area contributed by atoms with E-state index in [0.717, 1.165) is 0 Å². The van der Waals surface area contributed by atoms with Crippen LogP contribution in [0.2, 0.25) is 0 Å². The van der Waals surface area contributed by atoms with E-state index in [1.807, 2.05) is 0 Å². The lowest BCUT2D eigenvalue weighted by atomic mass is 10.3. The summed E-state index contributed by atoms with van der Waals surface area (Å²) in [6.45, 7) is 0. The first-order valence-electron chi connectivity index (χ1n) is 3.75. The van der Waals surface area contributed by atoms with Crippen LogP contribution in [0, 0.1) is 17.1 Å². The lowest BCUT2D eigenvalue weighted by molar-refractivity contribution is -0.115. The van der Waals surface area contributed by atoms with Crippen LogP contribution in [0.25, 0.3) is 0 Å². The Hall–Kier alpha value is -1.41. The summed E-state index contributed by atoms with van der Waals surface area (Å²) in [6, 6.07) is 5.61. The molecule has 0 saturated carbocycles. The highest BCUT2D eigenvalue weighted by Crippen LogP contribution is 2.22. The van der Waals surface area contributed by atoms with E-state index in [4.69, 9.17) is 5.26 Å². The van der Waals surface area contributed by atoms with Gasteiger partial charge in [0, 0.05) is 4.47 Å². The number of nitrogens with zero attached hydrogens (tertiary/aromatic N) is 1. The number of hydrogen-bond acceptors (Lipinski definition) is 2. The van der Waals surface area contributed by atoms with E-state index in [0.29, 0.717) is 10.2 Å². The number of amides is 1. The van der Waals surface area contributed by atoms with Crippen molar-refractivity contribution in [3.8, 4) is 6.07 Å². The minimum atomic E-state index is -0.417. The van der Waals surface area contributed by atoms with Gasteiger partial charge in [0.05, 0.1) is 11.8 Å². The zero-order valence-electron chi connectivity index (χ0n) is 7.05. The molecule has 1 aromatic rings. The Morgan fingerprint density at radius 2 is 2.36 bits per heavy atom. The van der Waals surface area contributed by atoms with Crippen molar-refractivity contribution in [3.63, 3.8) is 0 Å². The highest BCUT2D eigenvalue weighted by Gasteiger charge is 2.05. The molecule has 1 aromatic carbocycles. The van der Waals surface area contributed by atoms with Crippen LogP contribution in [0.15, 0.2) is 22.7 Å². The fourth-order valence-electron chi connectivity index (χ4n) is 0.857. The zero-order chi connectivity index (χ0) is 10.6. The highest BCUT2D eigenvalue weighted by atomic mass is 79.9. The van der Waals surface area contributed by atoms with Crippen LogP contribution in [0.3, 0.4) is 0 Å². The number of halogens is 2. The number of rotatable bonds is 2. The van der Waals surface area contributed by atoms with Crippen LogP contribution in [0.4, 0.5) is 10.1 Å². The smallest absolute Gasteiger partial charge is 0.238 e. The molecule has 0 spiro atoms. The Kier molecular flexibility index (Phi) is 3.60. The molecule has 0 fully saturated rings. The third kappa shape index (κ3) is 2.82. The van der Waals surface area contributed by atoms with Crippen LogP contribution in [-0.2, 0) is 4.79 Å². The maximum absolute atomic E-state index is 12.6. The van der Waals surface area contributed by atoms with Crippen LogP contribution in [0.5, 0.6) is 0 Å². The molecule has 0 bridgehead atoms. The second kappa shape index (κ2) is 4.72. The monoisotopic (exact) mass is 256 g/mol. The van der Waals surface area contributed by atoms with Crippen molar-refractivity contribution in [2.45, 2.75) is 6.42 Å². The van der Waals surface area contributed by atoms with E-state index in [9.17, 15) is 9.18 Å². The number of carbonyl (C=O) groups is 1. The van der Waals surface area contributed by atoms with Gasteiger partial charge in [0.25, 0.3) is 0 Å². The largest absolute Gasteiger partial charge is 0.324 e. The summed E-state index contributed by atoms with van der Waals surface area (Å²) in [7, 11) is 0. The second-order valence-corrected chi connectivity index (χ2v) is 3.36. The molecule has 0 aliphatic carbocycles. The third-order valence-corrected chi connectivity index (χ3v) is 2.10. The average Bonchev–Trinajstić information content (AvgIpc) is 2.10. The average molecular weight is 257 g/mol. The fraction of sp³-hybridized carbons (Fsp3) is 0.111. The Balaban J connectivity index is 2.78. The van der Waals surface area contributed by atoms with Crippen LogP contribution in [0.1, 0.15) is 6.42 Å². The molecular weight excluding hydrogens is 251 g/mol. The van der Waals surface area contributed by atoms with Crippen molar-refractivity contribution in [1.82, 2.24) is 0 Å². The standard InChI is InChI=1S/C9H6BrFN2O/c10-7-5-6(11)1-2-8(7)13-9(14)3-4-12/h1-2,5H,3H2,(H,13,14). The number of hydrogen-bond donors (Lipinski definition) is 1. The zero-order valence-corrected chi connectivity index (χ0v) is 8.64. The Morgan fingerprint density at radius 3 is 2.93 bits per heavy atom. The van der Waals surface area contributed by atoms with Crippen LogP contribution in [-0.4, -0.2) is 5.91 Å². The molecule has 1 rings (SSSR count). The lowest BCUT2D eigenvalue weighted by Crippen LogP contribution is -2.10. The molecule has 1 N–H and O–H groups in total. The predicted octanol–water partition coefficient (Wildman–Crippen LogP) is 2.44. The fourth-order valence-corrected chi connectivity index (χ4v) is 1.31. The molecule has 1 amide bonds. The molecule has 0 aromatic heterocycles. The molecule has 0 aliphatic rings. The number of nitriles is 1. The van der Waals surface area contributed by atoms with E-state index in [1.165, 1.54) is 18.2 Å². The Morgan fingerprint density at radius 1 is 1.64 bits per heavy atom. The van der Waals surface area contributed by atoms with E-state index in [-0.39, 0.29) is 6.42 Å². The maximum atomic E-state index is 12.6. The van der Waals surface area contributed by atoms with Crippen LogP contribution >= 0.6 is 15.9 Å². The normalized spacial score (nSPS) is 9.21. The molecule has 0 unspecified atom stereocenters. The van der Waals surface area contributed by atoms with Gasteiger partial charge in [0.2, 0.25) is 5.91 Å². The first-order valence-corrected chi connectivity index (χ1v) is 4.54. The molecule has 5 heteroatoms. The van der Waals surface area contributed by atoms with Gasteiger partial charge >= 0.3 is 0 Å². The molecule has 0 aliphatic heterocycles. The molecule has 0 atom stereocenters. The SMILES string of the molecule is N#CCC(=O)Nc1ccc(F)cc1Br. The lowest BCUT2D eigenvalue weighted by Gasteiger charge is -2.04. The summed E-state index contributed by atoms with van der Waals surface area (Å²) in [5, 5.41) is 10.7. The van der Waals surface area contributed by atoms with Gasteiger partial charge in [-0.25, -0.2) is 4.39 Å². The van der Waals surface area contributed by atoms with E-state index >= 15 is 0 Å². The Labute approximate surface area is 88.7 Å². The van der Waals surface area contributed by atoms with Crippen molar-refractivity contribution >= 4 is 27.5 Å². The van der Waals surface area contributed by atoms with Gasteiger partial charge in [-0.3, -0.25) is 4.79 Å². The summed E-state index contributed by atoms with van der Waals surface area (Å²) in [4.78, 5) is 11.0. The number of benzene rings is 1. The van der Waals surface area contributed by atoms with Crippen molar-refractivity contribution in [1.29, 1.82) is 5.26 Å². The summed E-state index contributed by atoms with van der Waals surface area (Å²) < 4.78 is 13.1. The van der Waals surface area contributed by atoms with Gasteiger partial charge in [0.15, 0.2) is 0 Å². The first kappa shape index (κ1) is 10.7. The van der Waals surface area contributed by atoms with Gasteiger partial charge in [-0.05, 0) is 34.1 Å². The molecule has 14 heavy (non-hydrogen) atoms. The Bertz CT molecular complexity index is 400. The number of anilines is 1. The number of carbonyl (C=O) groups excluding carboxylic acids is 1. The maximum Gasteiger partial charge on any atom is 0.238 e. The summed E-state index contributed by atoms with van der Waals surface area (Å²) >= 11 is 3.09. The summed E-state index contributed by atoms with van der Waals surface area (Å²) in [5.74, 6) is -0.810. The minimum absolute atomic E-state index is 0.218. The van der Waals surface area contributed by atoms with Crippen molar-refractivity contribution in [2.24, 2.45) is 0 Å². The quantitative estimate of drug-likeness (QED) is 0.884. The van der Waals surface area contributed by atoms with Gasteiger partial charge < -0.3 is 5.32 Å². The van der Waals surface area contributed by atoms with Crippen molar-refractivity contribution in [2.75, 3.05) is 5.32 Å².